The molecule has 154 valence electrons. The number of methoxy groups -OCH3 is 1. The van der Waals surface area contributed by atoms with E-state index in [9.17, 15) is 9.18 Å². The van der Waals surface area contributed by atoms with Crippen LogP contribution in [-0.4, -0.2) is 36.0 Å². The third-order valence-corrected chi connectivity index (χ3v) is 5.62. The van der Waals surface area contributed by atoms with Crippen molar-refractivity contribution >= 4 is 5.91 Å². The molecule has 0 N–H and O–H groups in total. The van der Waals surface area contributed by atoms with Crippen LogP contribution < -0.4 is 4.74 Å². The minimum absolute atomic E-state index is 0.138. The van der Waals surface area contributed by atoms with Crippen molar-refractivity contribution in [2.75, 3.05) is 20.2 Å². The quantitative estimate of drug-likeness (QED) is 0.611. The summed E-state index contributed by atoms with van der Waals surface area (Å²) in [6.07, 6.45) is 2.35. The van der Waals surface area contributed by atoms with Crippen LogP contribution >= 0.6 is 0 Å². The normalized spacial score (nSPS) is 16.3. The van der Waals surface area contributed by atoms with E-state index in [1.165, 1.54) is 12.1 Å². The molecule has 1 aliphatic heterocycles. The van der Waals surface area contributed by atoms with E-state index in [1.54, 1.807) is 19.2 Å². The van der Waals surface area contributed by atoms with Gasteiger partial charge in [-0.25, -0.2) is 4.39 Å². The number of amides is 1. The lowest BCUT2D eigenvalue weighted by molar-refractivity contribution is -0.131. The Balaban J connectivity index is 1.45. The fraction of sp³-hybridized carbons (Fsp3) is 0.280. The summed E-state index contributed by atoms with van der Waals surface area (Å²) in [5.74, 6) is 0.878. The van der Waals surface area contributed by atoms with Gasteiger partial charge in [-0.15, -0.1) is 0 Å². The number of benzene rings is 2. The number of aromatic nitrogens is 1. The fourth-order valence-electron chi connectivity index (χ4n) is 3.94. The van der Waals surface area contributed by atoms with Gasteiger partial charge in [-0.1, -0.05) is 18.2 Å². The van der Waals surface area contributed by atoms with Crippen LogP contribution in [-0.2, 0) is 11.2 Å². The van der Waals surface area contributed by atoms with Crippen molar-refractivity contribution in [1.82, 2.24) is 9.88 Å². The fourth-order valence-corrected chi connectivity index (χ4v) is 3.94. The molecule has 2 heterocycles. The summed E-state index contributed by atoms with van der Waals surface area (Å²) < 4.78 is 18.4. The maximum Gasteiger partial charge on any atom is 0.227 e. The predicted molar refractivity (Wildman–Crippen MR) is 115 cm³/mol. The molecular weight excluding hydrogens is 379 g/mol. The highest BCUT2D eigenvalue weighted by atomic mass is 19.1. The Labute approximate surface area is 176 Å². The Morgan fingerprint density at radius 2 is 1.87 bits per heavy atom. The van der Waals surface area contributed by atoms with Crippen LogP contribution in [0.1, 0.15) is 30.0 Å². The van der Waals surface area contributed by atoms with Crippen LogP contribution in [0.5, 0.6) is 5.75 Å². The second-order valence-corrected chi connectivity index (χ2v) is 7.66. The molecule has 0 spiro atoms. The molecule has 3 aromatic rings. The summed E-state index contributed by atoms with van der Waals surface area (Å²) in [5.41, 5.74) is 3.69. The van der Waals surface area contributed by atoms with Gasteiger partial charge in [0.15, 0.2) is 0 Å². The van der Waals surface area contributed by atoms with Crippen LogP contribution in [0.15, 0.2) is 66.7 Å². The summed E-state index contributed by atoms with van der Waals surface area (Å²) in [7, 11) is 1.63. The maximum absolute atomic E-state index is 13.2. The Morgan fingerprint density at radius 1 is 1.10 bits per heavy atom. The van der Waals surface area contributed by atoms with E-state index < -0.39 is 0 Å². The van der Waals surface area contributed by atoms with E-state index in [0.29, 0.717) is 13.0 Å². The second-order valence-electron chi connectivity index (χ2n) is 7.66. The van der Waals surface area contributed by atoms with Crippen LogP contribution in [0.2, 0.25) is 0 Å². The monoisotopic (exact) mass is 404 g/mol. The van der Waals surface area contributed by atoms with Gasteiger partial charge < -0.3 is 9.64 Å². The molecule has 5 heteroatoms. The molecule has 1 saturated heterocycles. The third-order valence-electron chi connectivity index (χ3n) is 5.62. The van der Waals surface area contributed by atoms with E-state index in [2.05, 4.69) is 0 Å². The van der Waals surface area contributed by atoms with Gasteiger partial charge in [-0.3, -0.25) is 9.78 Å². The lowest BCUT2D eigenvalue weighted by atomic mass is 9.93. The first kappa shape index (κ1) is 20.1. The van der Waals surface area contributed by atoms with Crippen LogP contribution in [0.3, 0.4) is 0 Å². The zero-order chi connectivity index (χ0) is 20.9. The van der Waals surface area contributed by atoms with Crippen LogP contribution in [0, 0.1) is 5.82 Å². The largest absolute Gasteiger partial charge is 0.497 e. The van der Waals surface area contributed by atoms with Gasteiger partial charge in [0.1, 0.15) is 11.6 Å². The summed E-state index contributed by atoms with van der Waals surface area (Å²) in [4.78, 5) is 19.6. The molecule has 0 aliphatic carbocycles. The molecule has 0 bridgehead atoms. The molecular formula is C25H25FN2O2. The first-order valence-electron chi connectivity index (χ1n) is 10.3. The number of carbonyl (C=O) groups excluding carboxylic acids is 1. The molecule has 1 aliphatic rings. The SMILES string of the molecule is COc1ccc(CC(=O)N2CCC[C@@H](c3cccc(-c4ccc(F)cc4)n3)C2)cc1. The van der Waals surface area contributed by atoms with Crippen molar-refractivity contribution in [3.8, 4) is 17.0 Å². The Kier molecular flexibility index (Phi) is 6.07. The molecule has 0 radical (unpaired) electrons. The van der Waals surface area contributed by atoms with Gasteiger partial charge in [-0.05, 0) is 66.9 Å². The minimum atomic E-state index is -0.256. The highest BCUT2D eigenvalue weighted by Gasteiger charge is 2.25. The summed E-state index contributed by atoms with van der Waals surface area (Å²) >= 11 is 0. The first-order chi connectivity index (χ1) is 14.6. The van der Waals surface area contributed by atoms with Gasteiger partial charge in [0.25, 0.3) is 0 Å². The highest BCUT2D eigenvalue weighted by molar-refractivity contribution is 5.79. The Morgan fingerprint density at radius 3 is 2.60 bits per heavy atom. The smallest absolute Gasteiger partial charge is 0.227 e. The second kappa shape index (κ2) is 9.08. The maximum atomic E-state index is 13.2. The predicted octanol–water partition coefficient (Wildman–Crippen LogP) is 4.85. The molecule has 1 atom stereocenters. The van der Waals surface area contributed by atoms with Crippen LogP contribution in [0.4, 0.5) is 4.39 Å². The molecule has 1 amide bonds. The van der Waals surface area contributed by atoms with Crippen molar-refractivity contribution in [2.45, 2.75) is 25.2 Å². The first-order valence-corrected chi connectivity index (χ1v) is 10.3. The number of hydrogen-bond donors (Lipinski definition) is 0. The molecule has 4 rings (SSSR count). The molecule has 0 saturated carbocycles. The molecule has 2 aromatic carbocycles. The number of likely N-dealkylation sites (tertiary alicyclic amines) is 1. The summed E-state index contributed by atoms with van der Waals surface area (Å²) in [6, 6.07) is 20.0. The third kappa shape index (κ3) is 4.67. The average molecular weight is 404 g/mol. The zero-order valence-electron chi connectivity index (χ0n) is 17.1. The Hall–Kier alpha value is -3.21. The van der Waals surface area contributed by atoms with Crippen molar-refractivity contribution in [1.29, 1.82) is 0 Å². The van der Waals surface area contributed by atoms with Gasteiger partial charge in [0, 0.05) is 30.3 Å². The number of rotatable bonds is 5. The van der Waals surface area contributed by atoms with Crippen molar-refractivity contribution in [3.63, 3.8) is 0 Å². The number of carbonyl (C=O) groups is 1. The van der Waals surface area contributed by atoms with E-state index in [1.807, 2.05) is 47.4 Å². The number of halogens is 1. The highest BCUT2D eigenvalue weighted by Crippen LogP contribution is 2.28. The van der Waals surface area contributed by atoms with Gasteiger partial charge in [-0.2, -0.15) is 0 Å². The van der Waals surface area contributed by atoms with Crippen molar-refractivity contribution < 1.29 is 13.9 Å². The van der Waals surface area contributed by atoms with Crippen LogP contribution in [0.25, 0.3) is 11.3 Å². The van der Waals surface area contributed by atoms with Crippen molar-refractivity contribution in [3.05, 3.63) is 83.8 Å². The lowest BCUT2D eigenvalue weighted by Crippen LogP contribution is -2.40. The molecule has 1 aromatic heterocycles. The summed E-state index contributed by atoms with van der Waals surface area (Å²) in [6.45, 7) is 1.46. The zero-order valence-corrected chi connectivity index (χ0v) is 17.1. The average Bonchev–Trinajstić information content (AvgIpc) is 2.80. The number of piperidine rings is 1. The number of pyridine rings is 1. The molecule has 4 nitrogen and oxygen atoms in total. The number of ether oxygens (including phenoxy) is 1. The molecule has 0 unspecified atom stereocenters. The van der Waals surface area contributed by atoms with E-state index >= 15 is 0 Å². The Bertz CT molecular complexity index is 1000. The van der Waals surface area contributed by atoms with Gasteiger partial charge in [0.2, 0.25) is 5.91 Å². The molecule has 1 fully saturated rings. The van der Waals surface area contributed by atoms with Gasteiger partial charge >= 0.3 is 0 Å². The van der Waals surface area contributed by atoms with E-state index in [0.717, 1.165) is 47.7 Å². The standard InChI is InChI=1S/C25H25FN2O2/c1-30-22-13-7-18(8-14-22)16-25(29)28-15-3-4-20(17-28)24-6-2-5-23(27-24)19-9-11-21(26)12-10-19/h2,5-14,20H,3-4,15-17H2,1H3/t20-/m1/s1. The summed E-state index contributed by atoms with van der Waals surface area (Å²) in [5, 5.41) is 0. The van der Waals surface area contributed by atoms with E-state index in [-0.39, 0.29) is 17.6 Å². The van der Waals surface area contributed by atoms with Crippen molar-refractivity contribution in [2.24, 2.45) is 0 Å². The number of nitrogens with zero attached hydrogens (tertiary/aromatic N) is 2. The number of hydrogen-bond acceptors (Lipinski definition) is 3. The van der Waals surface area contributed by atoms with E-state index in [4.69, 9.17) is 9.72 Å². The minimum Gasteiger partial charge on any atom is -0.497 e. The molecule has 30 heavy (non-hydrogen) atoms. The topological polar surface area (TPSA) is 42.4 Å². The lowest BCUT2D eigenvalue weighted by Gasteiger charge is -2.32. The van der Waals surface area contributed by atoms with Gasteiger partial charge in [0.05, 0.1) is 19.2 Å².